The average molecular weight is 377 g/mol. The molecule has 136 valence electrons. The monoisotopic (exact) mass is 377 g/mol. The first-order chi connectivity index (χ1) is 12.5. The number of halogens is 2. The Balaban J connectivity index is 1.48. The van der Waals surface area contributed by atoms with Gasteiger partial charge in [-0.1, -0.05) is 11.3 Å². The molecule has 3 heterocycles. The molecule has 1 saturated heterocycles. The quantitative estimate of drug-likeness (QED) is 0.762. The van der Waals surface area contributed by atoms with E-state index in [1.54, 1.807) is 6.33 Å². The molecule has 1 atom stereocenters. The Bertz CT molecular complexity index is 969. The van der Waals surface area contributed by atoms with Crippen molar-refractivity contribution in [1.82, 2.24) is 14.5 Å². The predicted octanol–water partition coefficient (Wildman–Crippen LogP) is 3.16. The largest absolute Gasteiger partial charge is 0.355 e. The highest BCUT2D eigenvalue weighted by atomic mass is 32.1. The summed E-state index contributed by atoms with van der Waals surface area (Å²) >= 11 is 1.07. The molecule has 1 aromatic carbocycles. The van der Waals surface area contributed by atoms with Crippen LogP contribution in [0.15, 0.2) is 24.7 Å². The zero-order chi connectivity index (χ0) is 18.3. The molecule has 3 aromatic rings. The minimum absolute atomic E-state index is 0.0745. The predicted molar refractivity (Wildman–Crippen MR) is 96.3 cm³/mol. The first kappa shape index (κ1) is 16.9. The van der Waals surface area contributed by atoms with Gasteiger partial charge in [0.1, 0.15) is 17.2 Å². The number of fused-ring (bicyclic) bond motifs is 1. The lowest BCUT2D eigenvalue weighted by atomic mass is 9.97. The van der Waals surface area contributed by atoms with Gasteiger partial charge in [-0.3, -0.25) is 4.79 Å². The Kier molecular flexibility index (Phi) is 4.31. The molecule has 2 aromatic heterocycles. The van der Waals surface area contributed by atoms with Crippen molar-refractivity contribution < 1.29 is 13.6 Å². The average Bonchev–Trinajstić information content (AvgIpc) is 3.21. The van der Waals surface area contributed by atoms with Crippen molar-refractivity contribution in [2.24, 2.45) is 13.0 Å². The molecule has 1 fully saturated rings. The van der Waals surface area contributed by atoms with Gasteiger partial charge in [0.2, 0.25) is 5.91 Å². The van der Waals surface area contributed by atoms with Crippen LogP contribution in [0.5, 0.6) is 0 Å². The highest BCUT2D eigenvalue weighted by molar-refractivity contribution is 7.22. The minimum Gasteiger partial charge on any atom is -0.355 e. The number of thiazole rings is 1. The van der Waals surface area contributed by atoms with Crippen LogP contribution in [0.2, 0.25) is 0 Å². The van der Waals surface area contributed by atoms with Gasteiger partial charge < -0.3 is 14.8 Å². The molecule has 1 aliphatic heterocycles. The molecular weight excluding hydrogens is 360 g/mol. The summed E-state index contributed by atoms with van der Waals surface area (Å²) in [6.45, 7) is 1.42. The fourth-order valence-corrected chi connectivity index (χ4v) is 4.09. The van der Waals surface area contributed by atoms with Crippen LogP contribution in [0.3, 0.4) is 0 Å². The van der Waals surface area contributed by atoms with Crippen LogP contribution in [0.4, 0.5) is 19.7 Å². The van der Waals surface area contributed by atoms with Crippen molar-refractivity contribution in [2.45, 2.75) is 12.8 Å². The molecule has 6 nitrogen and oxygen atoms in total. The molecule has 0 saturated carbocycles. The maximum Gasteiger partial charge on any atom is 0.231 e. The third-order valence-electron chi connectivity index (χ3n) is 4.45. The van der Waals surface area contributed by atoms with Crippen LogP contribution in [0, 0.1) is 17.6 Å². The van der Waals surface area contributed by atoms with E-state index in [4.69, 9.17) is 0 Å². The molecule has 1 aliphatic rings. The number of hydrogen-bond acceptors (Lipinski definition) is 5. The number of aromatic nitrogens is 3. The van der Waals surface area contributed by atoms with E-state index in [0.29, 0.717) is 11.2 Å². The molecule has 0 aliphatic carbocycles. The SMILES string of the molecule is Cn1cnc(N2CCCC(C(=O)Nc3nc4c(F)cc(F)cc4s3)C2)c1. The second kappa shape index (κ2) is 6.64. The van der Waals surface area contributed by atoms with E-state index in [2.05, 4.69) is 20.2 Å². The van der Waals surface area contributed by atoms with Crippen molar-refractivity contribution in [3.05, 3.63) is 36.3 Å². The number of nitrogens with one attached hydrogen (secondary N) is 1. The van der Waals surface area contributed by atoms with Gasteiger partial charge in [0.05, 0.1) is 16.9 Å². The summed E-state index contributed by atoms with van der Waals surface area (Å²) in [6.07, 6.45) is 5.30. The number of benzene rings is 1. The standard InChI is InChI=1S/C17H17F2N5OS/c1-23-8-14(20-9-23)24-4-2-3-10(7-24)16(25)22-17-21-15-12(19)5-11(18)6-13(15)26-17/h5-6,8-10H,2-4,7H2,1H3,(H,21,22,25). The number of hydrogen-bond donors (Lipinski definition) is 1. The number of amides is 1. The normalized spacial score (nSPS) is 17.7. The summed E-state index contributed by atoms with van der Waals surface area (Å²) in [6, 6.07) is 2.01. The second-order valence-electron chi connectivity index (χ2n) is 6.43. The Morgan fingerprint density at radius 2 is 2.23 bits per heavy atom. The van der Waals surface area contributed by atoms with Crippen LogP contribution in [0.25, 0.3) is 10.2 Å². The lowest BCUT2D eigenvalue weighted by Gasteiger charge is -2.31. The van der Waals surface area contributed by atoms with Gasteiger partial charge in [0.15, 0.2) is 10.9 Å². The maximum atomic E-state index is 13.8. The van der Waals surface area contributed by atoms with Crippen molar-refractivity contribution in [3.8, 4) is 0 Å². The lowest BCUT2D eigenvalue weighted by Crippen LogP contribution is -2.41. The highest BCUT2D eigenvalue weighted by Gasteiger charge is 2.27. The van der Waals surface area contributed by atoms with Crippen LogP contribution < -0.4 is 10.2 Å². The Labute approximate surface area is 152 Å². The number of imidazole rings is 1. The third kappa shape index (κ3) is 3.26. The van der Waals surface area contributed by atoms with Crippen molar-refractivity contribution in [2.75, 3.05) is 23.3 Å². The number of aryl methyl sites for hydroxylation is 1. The third-order valence-corrected chi connectivity index (χ3v) is 5.37. The number of rotatable bonds is 3. The fourth-order valence-electron chi connectivity index (χ4n) is 3.18. The zero-order valence-electron chi connectivity index (χ0n) is 14.1. The first-order valence-corrected chi connectivity index (χ1v) is 9.10. The summed E-state index contributed by atoms with van der Waals surface area (Å²) in [5.41, 5.74) is 0.0745. The van der Waals surface area contributed by atoms with E-state index in [-0.39, 0.29) is 22.5 Å². The Hall–Kier alpha value is -2.55. The van der Waals surface area contributed by atoms with E-state index < -0.39 is 11.6 Å². The molecule has 0 spiro atoms. The van der Waals surface area contributed by atoms with Crippen LogP contribution in [0.1, 0.15) is 12.8 Å². The van der Waals surface area contributed by atoms with Gasteiger partial charge in [-0.25, -0.2) is 18.7 Å². The summed E-state index contributed by atoms with van der Waals surface area (Å²) < 4.78 is 29.3. The summed E-state index contributed by atoms with van der Waals surface area (Å²) in [5.74, 6) is -0.905. The summed E-state index contributed by atoms with van der Waals surface area (Å²) in [7, 11) is 1.90. The number of carbonyl (C=O) groups excluding carboxylic acids is 1. The molecule has 1 amide bonds. The summed E-state index contributed by atoms with van der Waals surface area (Å²) in [4.78, 5) is 23.1. The van der Waals surface area contributed by atoms with Gasteiger partial charge in [-0.05, 0) is 18.9 Å². The number of piperidine rings is 1. The number of anilines is 2. The van der Waals surface area contributed by atoms with E-state index in [9.17, 15) is 13.6 Å². The molecule has 1 N–H and O–H groups in total. The van der Waals surface area contributed by atoms with Gasteiger partial charge in [-0.2, -0.15) is 0 Å². The zero-order valence-corrected chi connectivity index (χ0v) is 14.9. The van der Waals surface area contributed by atoms with Crippen molar-refractivity contribution in [1.29, 1.82) is 0 Å². The summed E-state index contributed by atoms with van der Waals surface area (Å²) in [5, 5.41) is 3.03. The van der Waals surface area contributed by atoms with Crippen molar-refractivity contribution in [3.63, 3.8) is 0 Å². The molecular formula is C17H17F2N5OS. The van der Waals surface area contributed by atoms with E-state index in [1.807, 2.05) is 17.8 Å². The van der Waals surface area contributed by atoms with Crippen LogP contribution >= 0.6 is 11.3 Å². The van der Waals surface area contributed by atoms with E-state index in [0.717, 1.165) is 42.6 Å². The highest BCUT2D eigenvalue weighted by Crippen LogP contribution is 2.30. The smallest absolute Gasteiger partial charge is 0.231 e. The molecule has 26 heavy (non-hydrogen) atoms. The topological polar surface area (TPSA) is 63.1 Å². The Morgan fingerprint density at radius 1 is 1.38 bits per heavy atom. The lowest BCUT2D eigenvalue weighted by molar-refractivity contribution is -0.120. The molecule has 4 rings (SSSR count). The van der Waals surface area contributed by atoms with Crippen LogP contribution in [-0.2, 0) is 11.8 Å². The second-order valence-corrected chi connectivity index (χ2v) is 7.46. The first-order valence-electron chi connectivity index (χ1n) is 8.29. The molecule has 0 bridgehead atoms. The maximum absolute atomic E-state index is 13.8. The molecule has 0 radical (unpaired) electrons. The minimum atomic E-state index is -0.726. The van der Waals surface area contributed by atoms with Gasteiger partial charge in [0.25, 0.3) is 0 Å². The van der Waals surface area contributed by atoms with Gasteiger partial charge in [-0.15, -0.1) is 0 Å². The number of carbonyl (C=O) groups is 1. The Morgan fingerprint density at radius 3 is 3.00 bits per heavy atom. The van der Waals surface area contributed by atoms with Crippen molar-refractivity contribution >= 4 is 38.4 Å². The van der Waals surface area contributed by atoms with Gasteiger partial charge in [0, 0.05) is 32.4 Å². The fraction of sp³-hybridized carbons (Fsp3) is 0.353. The molecule has 1 unspecified atom stereocenters. The van der Waals surface area contributed by atoms with E-state index >= 15 is 0 Å². The van der Waals surface area contributed by atoms with E-state index in [1.165, 1.54) is 6.07 Å². The van der Waals surface area contributed by atoms with Gasteiger partial charge >= 0.3 is 0 Å². The van der Waals surface area contributed by atoms with Crippen LogP contribution in [-0.4, -0.2) is 33.5 Å². The number of nitrogens with zero attached hydrogens (tertiary/aromatic N) is 4. The molecule has 9 heteroatoms.